The van der Waals surface area contributed by atoms with Crippen molar-refractivity contribution in [2.45, 2.75) is 19.8 Å². The van der Waals surface area contributed by atoms with Crippen LogP contribution < -0.4 is 0 Å². The van der Waals surface area contributed by atoms with Gasteiger partial charge < -0.3 is 0 Å². The molecule has 0 spiro atoms. The van der Waals surface area contributed by atoms with Crippen LogP contribution in [-0.4, -0.2) is 5.75 Å². The van der Waals surface area contributed by atoms with Gasteiger partial charge in [-0.15, -0.1) is 0 Å². The predicted octanol–water partition coefficient (Wildman–Crippen LogP) is 3.63. The van der Waals surface area contributed by atoms with Crippen LogP contribution in [0.4, 0.5) is 0 Å². The second kappa shape index (κ2) is 6.09. The molecule has 0 aromatic heterocycles. The monoisotopic (exact) mass is 194 g/mol. The summed E-state index contributed by atoms with van der Waals surface area (Å²) < 4.78 is 0. The molecule has 0 bridgehead atoms. The molecule has 13 heavy (non-hydrogen) atoms. The Morgan fingerprint density at radius 2 is 2.08 bits per heavy atom. The van der Waals surface area contributed by atoms with E-state index in [1.165, 1.54) is 12.8 Å². The molecule has 1 heteroatoms. The minimum Gasteiger partial charge on any atom is -0.179 e. The van der Waals surface area contributed by atoms with Gasteiger partial charge in [0.1, 0.15) is 0 Å². The average molecular weight is 194 g/mol. The van der Waals surface area contributed by atoms with Crippen molar-refractivity contribution in [3.8, 4) is 0 Å². The van der Waals surface area contributed by atoms with E-state index in [2.05, 4.69) is 56.0 Å². The fourth-order valence-corrected chi connectivity index (χ4v) is 1.89. The Balaban J connectivity index is 2.56. The summed E-state index contributed by atoms with van der Waals surface area (Å²) in [5, 5.41) is 0. The van der Waals surface area contributed by atoms with E-state index in [1.54, 1.807) is 0 Å². The third-order valence-electron chi connectivity index (χ3n) is 2.40. The average Bonchev–Trinajstić information content (AvgIpc) is 2.11. The fourth-order valence-electron chi connectivity index (χ4n) is 1.59. The third-order valence-corrected chi connectivity index (χ3v) is 2.87. The fraction of sp³-hybridized carbons (Fsp3) is 0.500. The zero-order valence-electron chi connectivity index (χ0n) is 8.19. The first-order chi connectivity index (χ1) is 6.36. The predicted molar refractivity (Wildman–Crippen MR) is 63.2 cm³/mol. The van der Waals surface area contributed by atoms with Crippen LogP contribution in [0.25, 0.3) is 0 Å². The number of allylic oxidation sites excluding steroid dienone is 6. The second-order valence-electron chi connectivity index (χ2n) is 3.48. The van der Waals surface area contributed by atoms with Crippen molar-refractivity contribution < 1.29 is 0 Å². The van der Waals surface area contributed by atoms with E-state index in [-0.39, 0.29) is 0 Å². The van der Waals surface area contributed by atoms with Crippen molar-refractivity contribution in [1.82, 2.24) is 0 Å². The molecule has 72 valence electrons. The van der Waals surface area contributed by atoms with Gasteiger partial charge in [0.05, 0.1) is 0 Å². The van der Waals surface area contributed by atoms with Gasteiger partial charge in [-0.1, -0.05) is 36.5 Å². The van der Waals surface area contributed by atoms with Crippen LogP contribution >= 0.6 is 12.6 Å². The van der Waals surface area contributed by atoms with Gasteiger partial charge in [0.15, 0.2) is 0 Å². The summed E-state index contributed by atoms with van der Waals surface area (Å²) in [5.74, 6) is 2.24. The van der Waals surface area contributed by atoms with Crippen molar-refractivity contribution in [1.29, 1.82) is 0 Å². The minimum absolute atomic E-state index is 0.623. The van der Waals surface area contributed by atoms with E-state index in [0.29, 0.717) is 11.8 Å². The largest absolute Gasteiger partial charge is 0.179 e. The highest BCUT2D eigenvalue weighted by atomic mass is 32.1. The van der Waals surface area contributed by atoms with E-state index in [9.17, 15) is 0 Å². The van der Waals surface area contributed by atoms with E-state index in [4.69, 9.17) is 0 Å². The van der Waals surface area contributed by atoms with Crippen LogP contribution in [0.1, 0.15) is 19.8 Å². The maximum atomic E-state index is 4.33. The summed E-state index contributed by atoms with van der Waals surface area (Å²) >= 11 is 4.33. The lowest BCUT2D eigenvalue weighted by atomic mass is 9.93. The van der Waals surface area contributed by atoms with Crippen LogP contribution in [0.5, 0.6) is 0 Å². The molecular weight excluding hydrogens is 176 g/mol. The van der Waals surface area contributed by atoms with Gasteiger partial charge >= 0.3 is 0 Å². The van der Waals surface area contributed by atoms with Gasteiger partial charge in [-0.2, -0.15) is 12.6 Å². The summed E-state index contributed by atoms with van der Waals surface area (Å²) in [5.41, 5.74) is 0. The van der Waals surface area contributed by atoms with Crippen molar-refractivity contribution in [3.05, 3.63) is 36.5 Å². The third kappa shape index (κ3) is 3.86. The molecule has 0 nitrogen and oxygen atoms in total. The Morgan fingerprint density at radius 1 is 1.31 bits per heavy atom. The zero-order chi connectivity index (χ0) is 9.52. The van der Waals surface area contributed by atoms with Crippen LogP contribution in [0.15, 0.2) is 36.5 Å². The molecule has 0 saturated heterocycles. The lowest BCUT2D eigenvalue weighted by Gasteiger charge is -2.14. The highest BCUT2D eigenvalue weighted by Gasteiger charge is 2.07. The Kier molecular flexibility index (Phi) is 4.99. The molecular formula is C12H18S. The summed E-state index contributed by atoms with van der Waals surface area (Å²) in [6, 6.07) is 0. The first-order valence-electron chi connectivity index (χ1n) is 4.95. The molecule has 0 heterocycles. The van der Waals surface area contributed by atoms with Gasteiger partial charge in [-0.3, -0.25) is 0 Å². The Labute approximate surface area is 86.8 Å². The molecule has 2 unspecified atom stereocenters. The van der Waals surface area contributed by atoms with E-state index in [0.717, 1.165) is 5.75 Å². The van der Waals surface area contributed by atoms with Gasteiger partial charge in [0.2, 0.25) is 0 Å². The number of thiol groups is 1. The number of rotatable bonds is 2. The quantitative estimate of drug-likeness (QED) is 0.503. The first-order valence-corrected chi connectivity index (χ1v) is 5.58. The Hall–Kier alpha value is -0.430. The summed E-state index contributed by atoms with van der Waals surface area (Å²) in [6.07, 6.45) is 15.7. The summed E-state index contributed by atoms with van der Waals surface area (Å²) in [7, 11) is 0. The van der Waals surface area contributed by atoms with Gasteiger partial charge in [0, 0.05) is 0 Å². The van der Waals surface area contributed by atoms with Crippen molar-refractivity contribution in [2.24, 2.45) is 11.8 Å². The molecule has 0 amide bonds. The van der Waals surface area contributed by atoms with Crippen molar-refractivity contribution in [3.63, 3.8) is 0 Å². The lowest BCUT2D eigenvalue weighted by Crippen LogP contribution is -2.03. The van der Waals surface area contributed by atoms with Crippen molar-refractivity contribution in [2.75, 3.05) is 5.75 Å². The van der Waals surface area contributed by atoms with Gasteiger partial charge in [-0.05, 0) is 37.4 Å². The van der Waals surface area contributed by atoms with Crippen molar-refractivity contribution >= 4 is 12.6 Å². The normalized spacial score (nSPS) is 34.0. The molecule has 1 aliphatic carbocycles. The topological polar surface area (TPSA) is 0 Å². The highest BCUT2D eigenvalue weighted by Crippen LogP contribution is 2.19. The summed E-state index contributed by atoms with van der Waals surface area (Å²) in [4.78, 5) is 0. The maximum Gasteiger partial charge on any atom is -0.00347 e. The van der Waals surface area contributed by atoms with E-state index in [1.807, 2.05) is 0 Å². The zero-order valence-corrected chi connectivity index (χ0v) is 9.08. The molecule has 1 aliphatic rings. The van der Waals surface area contributed by atoms with Gasteiger partial charge in [0.25, 0.3) is 0 Å². The molecule has 1 rings (SSSR count). The minimum atomic E-state index is 0.623. The Morgan fingerprint density at radius 3 is 2.77 bits per heavy atom. The van der Waals surface area contributed by atoms with Crippen LogP contribution in [0, 0.1) is 11.8 Å². The van der Waals surface area contributed by atoms with E-state index < -0.39 is 0 Å². The molecule has 0 aliphatic heterocycles. The standard InChI is InChI=1S/C12H18S/c1-2-5-11-6-3-4-7-12(10-13)9-8-11/h2-7,11-13H,8-10H2,1H3/b5-2-,6-3-,7-4-. The molecule has 0 aromatic rings. The Bertz CT molecular complexity index is 213. The molecule has 0 aromatic carbocycles. The first kappa shape index (κ1) is 10.6. The van der Waals surface area contributed by atoms with Gasteiger partial charge in [-0.25, -0.2) is 0 Å². The van der Waals surface area contributed by atoms with Crippen LogP contribution in [0.2, 0.25) is 0 Å². The second-order valence-corrected chi connectivity index (χ2v) is 3.84. The molecule has 0 saturated carbocycles. The summed E-state index contributed by atoms with van der Waals surface area (Å²) in [6.45, 7) is 2.08. The van der Waals surface area contributed by atoms with Crippen LogP contribution in [-0.2, 0) is 0 Å². The molecule has 0 N–H and O–H groups in total. The molecule has 0 radical (unpaired) electrons. The smallest absolute Gasteiger partial charge is 0.00347 e. The van der Waals surface area contributed by atoms with Crippen LogP contribution in [0.3, 0.4) is 0 Å². The van der Waals surface area contributed by atoms with E-state index >= 15 is 0 Å². The SMILES string of the molecule is C/C=C\C1/C=C\C=C/C(CS)CC1. The maximum absolute atomic E-state index is 4.33. The molecule has 0 fully saturated rings. The number of hydrogen-bond donors (Lipinski definition) is 1. The molecule has 2 atom stereocenters. The number of hydrogen-bond acceptors (Lipinski definition) is 1. The lowest BCUT2D eigenvalue weighted by molar-refractivity contribution is 0.565. The highest BCUT2D eigenvalue weighted by molar-refractivity contribution is 7.80.